The van der Waals surface area contributed by atoms with E-state index in [0.29, 0.717) is 24.4 Å². The van der Waals surface area contributed by atoms with Crippen molar-refractivity contribution in [3.05, 3.63) is 70.8 Å². The van der Waals surface area contributed by atoms with Crippen LogP contribution in [0.25, 0.3) is 5.76 Å². The number of ketones is 1. The van der Waals surface area contributed by atoms with E-state index in [4.69, 9.17) is 4.74 Å². The molecule has 176 valence electrons. The Labute approximate surface area is 196 Å². The van der Waals surface area contributed by atoms with Gasteiger partial charge in [-0.25, -0.2) is 0 Å². The molecule has 1 fully saturated rings. The second-order valence-corrected chi connectivity index (χ2v) is 8.62. The van der Waals surface area contributed by atoms with Crippen LogP contribution in [0.4, 0.5) is 0 Å². The Morgan fingerprint density at radius 1 is 1.03 bits per heavy atom. The lowest BCUT2D eigenvalue weighted by Crippen LogP contribution is -2.38. The topological polar surface area (TPSA) is 70.1 Å². The molecule has 0 saturated carbocycles. The van der Waals surface area contributed by atoms with Gasteiger partial charge in [0.25, 0.3) is 11.7 Å². The van der Waals surface area contributed by atoms with Gasteiger partial charge in [0.15, 0.2) is 0 Å². The van der Waals surface area contributed by atoms with E-state index < -0.39 is 17.7 Å². The molecule has 0 aliphatic carbocycles. The van der Waals surface area contributed by atoms with Crippen LogP contribution < -0.4 is 4.74 Å². The van der Waals surface area contributed by atoms with Gasteiger partial charge in [0.1, 0.15) is 11.5 Å². The predicted octanol–water partition coefficient (Wildman–Crippen LogP) is 4.55. The molecule has 1 amide bonds. The van der Waals surface area contributed by atoms with E-state index in [2.05, 4.69) is 18.7 Å². The fraction of sp³-hybridized carbons (Fsp3) is 0.407. The standard InChI is InChI=1S/C27H34N2O4/c1-6-28(7-2)16-17-29-24(20-10-8-19(5)9-11-20)23(26(31)27(29)32)25(30)21-12-14-22(15-13-21)33-18(3)4/h8-15,18,24,30H,6-7,16-17H2,1-5H3/b25-23+. The summed E-state index contributed by atoms with van der Waals surface area (Å²) in [6.07, 6.45) is 0.0297. The van der Waals surface area contributed by atoms with Gasteiger partial charge in [-0.2, -0.15) is 0 Å². The average molecular weight is 451 g/mol. The normalized spacial score (nSPS) is 17.9. The summed E-state index contributed by atoms with van der Waals surface area (Å²) in [6.45, 7) is 12.8. The number of benzene rings is 2. The number of hydrogen-bond acceptors (Lipinski definition) is 5. The summed E-state index contributed by atoms with van der Waals surface area (Å²) in [5.74, 6) is -0.717. The SMILES string of the molecule is CCN(CC)CCN1C(=O)C(=O)/C(=C(/O)c2ccc(OC(C)C)cc2)C1c1ccc(C)cc1. The number of hydrogen-bond donors (Lipinski definition) is 1. The highest BCUT2D eigenvalue weighted by Gasteiger charge is 2.45. The minimum Gasteiger partial charge on any atom is -0.507 e. The number of Topliss-reactive ketones (excluding diaryl/α,β-unsaturated/α-hetero) is 1. The molecule has 0 aromatic heterocycles. The number of nitrogens with zero attached hydrogens (tertiary/aromatic N) is 2. The molecule has 1 heterocycles. The Balaban J connectivity index is 2.04. The van der Waals surface area contributed by atoms with Crippen LogP contribution in [0.3, 0.4) is 0 Å². The molecule has 1 aliphatic heterocycles. The van der Waals surface area contributed by atoms with Crippen LogP contribution >= 0.6 is 0 Å². The third-order valence-electron chi connectivity index (χ3n) is 5.98. The summed E-state index contributed by atoms with van der Waals surface area (Å²) in [6, 6.07) is 14.1. The fourth-order valence-electron chi connectivity index (χ4n) is 4.11. The summed E-state index contributed by atoms with van der Waals surface area (Å²) < 4.78 is 5.68. The molecule has 1 N–H and O–H groups in total. The van der Waals surface area contributed by atoms with Crippen LogP contribution in [0.1, 0.15) is 50.4 Å². The number of rotatable bonds is 9. The third-order valence-corrected chi connectivity index (χ3v) is 5.98. The molecule has 6 heteroatoms. The molecule has 0 spiro atoms. The number of likely N-dealkylation sites (tertiary alicyclic amines) is 1. The molecule has 2 aromatic carbocycles. The van der Waals surface area contributed by atoms with Crippen molar-refractivity contribution in [3.8, 4) is 5.75 Å². The number of likely N-dealkylation sites (N-methyl/N-ethyl adjacent to an activating group) is 1. The van der Waals surface area contributed by atoms with Crippen molar-refractivity contribution in [2.24, 2.45) is 0 Å². The first kappa shape index (κ1) is 24.5. The number of aryl methyl sites for hydroxylation is 1. The smallest absolute Gasteiger partial charge is 0.295 e. The lowest BCUT2D eigenvalue weighted by atomic mass is 9.94. The first-order chi connectivity index (χ1) is 15.8. The van der Waals surface area contributed by atoms with Crippen molar-refractivity contribution in [1.29, 1.82) is 0 Å². The minimum absolute atomic E-state index is 0.0297. The predicted molar refractivity (Wildman–Crippen MR) is 130 cm³/mol. The Morgan fingerprint density at radius 3 is 2.18 bits per heavy atom. The average Bonchev–Trinajstić information content (AvgIpc) is 3.05. The number of aliphatic hydroxyl groups excluding tert-OH is 1. The zero-order valence-electron chi connectivity index (χ0n) is 20.2. The van der Waals surface area contributed by atoms with Gasteiger partial charge in [-0.3, -0.25) is 9.59 Å². The zero-order chi connectivity index (χ0) is 24.1. The molecule has 33 heavy (non-hydrogen) atoms. The Morgan fingerprint density at radius 2 is 1.64 bits per heavy atom. The van der Waals surface area contributed by atoms with Gasteiger partial charge in [-0.05, 0) is 63.7 Å². The lowest BCUT2D eigenvalue weighted by Gasteiger charge is -2.28. The van der Waals surface area contributed by atoms with Crippen molar-refractivity contribution in [2.75, 3.05) is 26.2 Å². The van der Waals surface area contributed by atoms with Gasteiger partial charge in [-0.1, -0.05) is 43.7 Å². The summed E-state index contributed by atoms with van der Waals surface area (Å²) in [7, 11) is 0. The molecule has 0 bridgehead atoms. The van der Waals surface area contributed by atoms with Crippen molar-refractivity contribution < 1.29 is 19.4 Å². The third kappa shape index (κ3) is 5.45. The molecular formula is C27H34N2O4. The molecule has 1 aliphatic rings. The van der Waals surface area contributed by atoms with Crippen LogP contribution in [0.2, 0.25) is 0 Å². The second-order valence-electron chi connectivity index (χ2n) is 8.62. The molecular weight excluding hydrogens is 416 g/mol. The molecule has 2 aromatic rings. The quantitative estimate of drug-likeness (QED) is 0.345. The van der Waals surface area contributed by atoms with E-state index in [1.807, 2.05) is 45.0 Å². The highest BCUT2D eigenvalue weighted by Crippen LogP contribution is 2.39. The monoisotopic (exact) mass is 450 g/mol. The van der Waals surface area contributed by atoms with Crippen molar-refractivity contribution >= 4 is 17.4 Å². The van der Waals surface area contributed by atoms with E-state index in [1.165, 1.54) is 0 Å². The van der Waals surface area contributed by atoms with Gasteiger partial charge in [-0.15, -0.1) is 0 Å². The molecule has 1 atom stereocenters. The summed E-state index contributed by atoms with van der Waals surface area (Å²) >= 11 is 0. The number of ether oxygens (including phenoxy) is 1. The first-order valence-corrected chi connectivity index (χ1v) is 11.6. The van der Waals surface area contributed by atoms with Crippen molar-refractivity contribution in [2.45, 2.75) is 46.8 Å². The summed E-state index contributed by atoms with van der Waals surface area (Å²) in [5, 5.41) is 11.2. The van der Waals surface area contributed by atoms with Crippen LogP contribution in [0.5, 0.6) is 5.75 Å². The maximum atomic E-state index is 13.1. The minimum atomic E-state index is -0.653. The summed E-state index contributed by atoms with van der Waals surface area (Å²) in [4.78, 5) is 30.0. The van der Waals surface area contributed by atoms with E-state index in [0.717, 1.165) is 24.2 Å². The fourth-order valence-corrected chi connectivity index (χ4v) is 4.11. The zero-order valence-corrected chi connectivity index (χ0v) is 20.2. The molecule has 1 unspecified atom stereocenters. The molecule has 6 nitrogen and oxygen atoms in total. The van der Waals surface area contributed by atoms with Crippen LogP contribution in [-0.4, -0.2) is 58.9 Å². The van der Waals surface area contributed by atoms with Gasteiger partial charge >= 0.3 is 0 Å². The van der Waals surface area contributed by atoms with E-state index in [-0.39, 0.29) is 17.4 Å². The highest BCUT2D eigenvalue weighted by atomic mass is 16.5. The van der Waals surface area contributed by atoms with Crippen LogP contribution in [0.15, 0.2) is 54.1 Å². The van der Waals surface area contributed by atoms with Gasteiger partial charge in [0.05, 0.1) is 17.7 Å². The molecule has 3 rings (SSSR count). The van der Waals surface area contributed by atoms with Crippen LogP contribution in [-0.2, 0) is 9.59 Å². The molecule has 1 saturated heterocycles. The number of amides is 1. The van der Waals surface area contributed by atoms with Gasteiger partial charge in [0, 0.05) is 18.7 Å². The molecule has 0 radical (unpaired) electrons. The van der Waals surface area contributed by atoms with E-state index >= 15 is 0 Å². The van der Waals surface area contributed by atoms with Crippen molar-refractivity contribution in [3.63, 3.8) is 0 Å². The van der Waals surface area contributed by atoms with Crippen molar-refractivity contribution in [1.82, 2.24) is 9.80 Å². The Hall–Kier alpha value is -3.12. The van der Waals surface area contributed by atoms with Crippen LogP contribution in [0, 0.1) is 6.92 Å². The maximum Gasteiger partial charge on any atom is 0.295 e. The van der Waals surface area contributed by atoms with E-state index in [9.17, 15) is 14.7 Å². The number of carbonyl (C=O) groups excluding carboxylic acids is 2. The van der Waals surface area contributed by atoms with Gasteiger partial charge in [0.2, 0.25) is 0 Å². The number of carbonyl (C=O) groups is 2. The lowest BCUT2D eigenvalue weighted by molar-refractivity contribution is -0.140. The number of aliphatic hydroxyl groups is 1. The highest BCUT2D eigenvalue weighted by molar-refractivity contribution is 6.46. The Bertz CT molecular complexity index is 1010. The van der Waals surface area contributed by atoms with Gasteiger partial charge < -0.3 is 19.6 Å². The first-order valence-electron chi connectivity index (χ1n) is 11.6. The van der Waals surface area contributed by atoms with E-state index in [1.54, 1.807) is 29.2 Å². The summed E-state index contributed by atoms with van der Waals surface area (Å²) in [5.41, 5.74) is 2.49. The second kappa shape index (κ2) is 10.7. The Kier molecular flexibility index (Phi) is 7.92. The maximum absolute atomic E-state index is 13.1. The largest absolute Gasteiger partial charge is 0.507 e.